The van der Waals surface area contributed by atoms with Gasteiger partial charge in [-0.25, -0.2) is 0 Å². The van der Waals surface area contributed by atoms with Crippen molar-refractivity contribution in [3.63, 3.8) is 0 Å². The molecule has 0 bridgehead atoms. The van der Waals surface area contributed by atoms with Gasteiger partial charge in [0.15, 0.2) is 5.60 Å². The van der Waals surface area contributed by atoms with E-state index in [9.17, 15) is 15.0 Å². The van der Waals surface area contributed by atoms with Gasteiger partial charge < -0.3 is 10.2 Å². The normalized spacial score (nSPS) is 23.9. The number of aliphatic hydroxyl groups excluding tert-OH is 1. The van der Waals surface area contributed by atoms with Crippen molar-refractivity contribution in [1.82, 2.24) is 0 Å². The summed E-state index contributed by atoms with van der Waals surface area (Å²) in [6.07, 6.45) is 4.70. The summed E-state index contributed by atoms with van der Waals surface area (Å²) in [5.74, 6) is -0.782. The average Bonchev–Trinajstić information content (AvgIpc) is 2.33. The molecule has 2 rings (SSSR count). The number of carbonyl (C=O) groups excluding carboxylic acids is 1. The molecule has 1 atom stereocenters. The van der Waals surface area contributed by atoms with Crippen LogP contribution in [0.4, 0.5) is 0 Å². The zero-order valence-electron chi connectivity index (χ0n) is 8.63. The predicted octanol–water partition coefficient (Wildman–Crippen LogP) is 2.00. The number of aliphatic hydroxyl groups is 2. The molecule has 0 saturated carbocycles. The number of hydrogen-bond acceptors (Lipinski definition) is 3. The van der Waals surface area contributed by atoms with Crippen molar-refractivity contribution in [3.8, 4) is 0 Å². The largest absolute Gasteiger partial charge is 0.509 e. The van der Waals surface area contributed by atoms with Crippen molar-refractivity contribution in [2.24, 2.45) is 0 Å². The summed E-state index contributed by atoms with van der Waals surface area (Å²) in [4.78, 5) is 12.0. The van der Waals surface area contributed by atoms with Crippen LogP contribution >= 0.6 is 0 Å². The molecule has 3 heteroatoms. The van der Waals surface area contributed by atoms with Gasteiger partial charge in [0.2, 0.25) is 5.78 Å². The monoisotopic (exact) mass is 216 g/mol. The SMILES string of the molecule is O=C(c1ccccc1)C1(O)CC=CC=C1O. The Balaban J connectivity index is 2.36. The van der Waals surface area contributed by atoms with Crippen molar-refractivity contribution in [1.29, 1.82) is 0 Å². The van der Waals surface area contributed by atoms with E-state index >= 15 is 0 Å². The summed E-state index contributed by atoms with van der Waals surface area (Å²) < 4.78 is 0. The number of hydrogen-bond donors (Lipinski definition) is 2. The molecule has 0 aliphatic heterocycles. The number of ketones is 1. The first-order valence-electron chi connectivity index (χ1n) is 5.03. The van der Waals surface area contributed by atoms with E-state index in [2.05, 4.69) is 0 Å². The Morgan fingerprint density at radius 1 is 1.25 bits per heavy atom. The maximum Gasteiger partial charge on any atom is 0.202 e. The van der Waals surface area contributed by atoms with Gasteiger partial charge in [-0.15, -0.1) is 0 Å². The number of carbonyl (C=O) groups is 1. The third-order valence-electron chi connectivity index (χ3n) is 2.64. The highest BCUT2D eigenvalue weighted by molar-refractivity contribution is 6.04. The molecule has 1 aliphatic rings. The lowest BCUT2D eigenvalue weighted by Gasteiger charge is -2.26. The molecule has 1 unspecified atom stereocenters. The summed E-state index contributed by atoms with van der Waals surface area (Å²) in [5, 5.41) is 19.7. The van der Waals surface area contributed by atoms with Gasteiger partial charge in [0.05, 0.1) is 0 Å². The van der Waals surface area contributed by atoms with Crippen LogP contribution in [0, 0.1) is 0 Å². The zero-order chi connectivity index (χ0) is 11.6. The van der Waals surface area contributed by atoms with Gasteiger partial charge in [-0.3, -0.25) is 4.79 Å². The lowest BCUT2D eigenvalue weighted by molar-refractivity contribution is 0.0303. The first kappa shape index (κ1) is 10.6. The number of rotatable bonds is 2. The first-order chi connectivity index (χ1) is 7.64. The molecule has 2 N–H and O–H groups in total. The van der Waals surface area contributed by atoms with Crippen molar-refractivity contribution >= 4 is 5.78 Å². The summed E-state index contributed by atoms with van der Waals surface area (Å²) in [6.45, 7) is 0. The summed E-state index contributed by atoms with van der Waals surface area (Å²) in [5.41, 5.74) is -1.42. The Morgan fingerprint density at radius 3 is 2.56 bits per heavy atom. The van der Waals surface area contributed by atoms with Crippen LogP contribution in [0.15, 0.2) is 54.3 Å². The fourth-order valence-electron chi connectivity index (χ4n) is 1.68. The highest BCUT2D eigenvalue weighted by Gasteiger charge is 2.40. The minimum atomic E-state index is -1.81. The molecule has 82 valence electrons. The minimum Gasteiger partial charge on any atom is -0.509 e. The van der Waals surface area contributed by atoms with Gasteiger partial charge in [0.25, 0.3) is 0 Å². The van der Waals surface area contributed by atoms with Crippen LogP contribution in [0.25, 0.3) is 0 Å². The fraction of sp³-hybridized carbons (Fsp3) is 0.154. The van der Waals surface area contributed by atoms with Crippen LogP contribution in [0.2, 0.25) is 0 Å². The smallest absolute Gasteiger partial charge is 0.202 e. The summed E-state index contributed by atoms with van der Waals surface area (Å²) in [6, 6.07) is 8.46. The predicted molar refractivity (Wildman–Crippen MR) is 60.2 cm³/mol. The van der Waals surface area contributed by atoms with Gasteiger partial charge in [-0.05, 0) is 6.08 Å². The van der Waals surface area contributed by atoms with E-state index < -0.39 is 11.4 Å². The molecule has 16 heavy (non-hydrogen) atoms. The third kappa shape index (κ3) is 1.66. The van der Waals surface area contributed by atoms with Gasteiger partial charge in [-0.2, -0.15) is 0 Å². The summed E-state index contributed by atoms with van der Waals surface area (Å²) in [7, 11) is 0. The maximum absolute atomic E-state index is 12.0. The Labute approximate surface area is 93.4 Å². The Kier molecular flexibility index (Phi) is 2.62. The lowest BCUT2D eigenvalue weighted by atomic mass is 9.85. The second kappa shape index (κ2) is 3.94. The van der Waals surface area contributed by atoms with E-state index in [0.717, 1.165) is 0 Å². The van der Waals surface area contributed by atoms with Crippen LogP contribution in [0.3, 0.4) is 0 Å². The first-order valence-corrected chi connectivity index (χ1v) is 5.03. The highest BCUT2D eigenvalue weighted by Crippen LogP contribution is 2.27. The van der Waals surface area contributed by atoms with E-state index in [-0.39, 0.29) is 12.2 Å². The minimum absolute atomic E-state index is 0.100. The third-order valence-corrected chi connectivity index (χ3v) is 2.64. The number of Topliss-reactive ketones (excluding diaryl/α,β-unsaturated/α-hetero) is 1. The molecule has 0 radical (unpaired) electrons. The quantitative estimate of drug-likeness (QED) is 0.743. The molecule has 0 heterocycles. The van der Waals surface area contributed by atoms with Crippen molar-refractivity contribution in [2.45, 2.75) is 12.0 Å². The molecule has 0 spiro atoms. The molecule has 0 saturated heterocycles. The molecular weight excluding hydrogens is 204 g/mol. The summed E-state index contributed by atoms with van der Waals surface area (Å²) >= 11 is 0. The van der Waals surface area contributed by atoms with Gasteiger partial charge in [0.1, 0.15) is 5.76 Å². The Hall–Kier alpha value is -1.87. The van der Waals surface area contributed by atoms with Gasteiger partial charge in [-0.1, -0.05) is 42.5 Å². The fourth-order valence-corrected chi connectivity index (χ4v) is 1.68. The van der Waals surface area contributed by atoms with E-state index in [0.29, 0.717) is 5.56 Å². The average molecular weight is 216 g/mol. The lowest BCUT2D eigenvalue weighted by Crippen LogP contribution is -2.41. The topological polar surface area (TPSA) is 57.5 Å². The molecule has 0 fully saturated rings. The highest BCUT2D eigenvalue weighted by atomic mass is 16.3. The van der Waals surface area contributed by atoms with Crippen LogP contribution in [0.5, 0.6) is 0 Å². The second-order valence-corrected chi connectivity index (χ2v) is 3.74. The van der Waals surface area contributed by atoms with E-state index in [4.69, 9.17) is 0 Å². The molecule has 1 aromatic rings. The van der Waals surface area contributed by atoms with Crippen LogP contribution in [0.1, 0.15) is 16.8 Å². The molecule has 0 amide bonds. The zero-order valence-corrected chi connectivity index (χ0v) is 8.63. The van der Waals surface area contributed by atoms with Crippen LogP contribution < -0.4 is 0 Å². The van der Waals surface area contributed by atoms with Gasteiger partial charge in [0, 0.05) is 12.0 Å². The van der Waals surface area contributed by atoms with Gasteiger partial charge >= 0.3 is 0 Å². The molecule has 1 aromatic carbocycles. The standard InChI is InChI=1S/C13H12O3/c14-11-8-4-5-9-13(11,16)12(15)10-6-2-1-3-7-10/h1-8,14,16H,9H2. The van der Waals surface area contributed by atoms with E-state index in [1.165, 1.54) is 6.08 Å². The number of benzene rings is 1. The number of allylic oxidation sites excluding steroid dienone is 2. The second-order valence-electron chi connectivity index (χ2n) is 3.74. The van der Waals surface area contributed by atoms with Crippen molar-refractivity contribution in [3.05, 3.63) is 59.9 Å². The van der Waals surface area contributed by atoms with E-state index in [1.54, 1.807) is 42.5 Å². The molecular formula is C13H12O3. The van der Waals surface area contributed by atoms with Crippen LogP contribution in [-0.4, -0.2) is 21.6 Å². The van der Waals surface area contributed by atoms with Crippen molar-refractivity contribution in [2.75, 3.05) is 0 Å². The van der Waals surface area contributed by atoms with E-state index in [1.807, 2.05) is 0 Å². The molecule has 0 aromatic heterocycles. The Bertz CT molecular complexity index is 459. The Morgan fingerprint density at radius 2 is 1.94 bits per heavy atom. The van der Waals surface area contributed by atoms with Crippen LogP contribution in [-0.2, 0) is 0 Å². The maximum atomic E-state index is 12.0. The molecule has 3 nitrogen and oxygen atoms in total. The molecule has 1 aliphatic carbocycles. The van der Waals surface area contributed by atoms with Crippen molar-refractivity contribution < 1.29 is 15.0 Å².